The maximum Gasteiger partial charge on any atom is 0.338 e. The summed E-state index contributed by atoms with van der Waals surface area (Å²) in [6.45, 7) is 5.64. The lowest BCUT2D eigenvalue weighted by Crippen LogP contribution is -2.47. The normalized spacial score (nSPS) is 13.3. The minimum atomic E-state index is -3.92. The van der Waals surface area contributed by atoms with E-state index in [2.05, 4.69) is 10.0 Å². The van der Waals surface area contributed by atoms with Gasteiger partial charge >= 0.3 is 5.97 Å². The number of benzene rings is 2. The second-order valence-corrected chi connectivity index (χ2v) is 8.88. The summed E-state index contributed by atoms with van der Waals surface area (Å²) in [7, 11) is -3.92. The van der Waals surface area contributed by atoms with Gasteiger partial charge in [-0.05, 0) is 61.4 Å². The number of rotatable bonds is 9. The third-order valence-electron chi connectivity index (χ3n) is 4.57. The summed E-state index contributed by atoms with van der Waals surface area (Å²) in [5, 5.41) is 3.11. The Morgan fingerprint density at radius 3 is 2.17 bits per heavy atom. The zero-order valence-electron chi connectivity index (χ0n) is 17.0. The molecule has 0 aliphatic heterocycles. The molecular formula is C21H25ClN2O5S. The number of hydrogen-bond donors (Lipinski definition) is 2. The van der Waals surface area contributed by atoms with E-state index in [1.54, 1.807) is 26.0 Å². The van der Waals surface area contributed by atoms with Gasteiger partial charge < -0.3 is 10.1 Å². The molecular weight excluding hydrogens is 428 g/mol. The molecule has 1 amide bonds. The van der Waals surface area contributed by atoms with Gasteiger partial charge in [-0.25, -0.2) is 13.2 Å². The summed E-state index contributed by atoms with van der Waals surface area (Å²) in [5.41, 5.74) is 0.795. The first-order valence-electron chi connectivity index (χ1n) is 9.53. The second kappa shape index (κ2) is 10.6. The molecule has 0 heterocycles. The lowest BCUT2D eigenvalue weighted by molar-refractivity contribution is -0.118. The summed E-state index contributed by atoms with van der Waals surface area (Å²) in [6.07, 6.45) is 0.586. The van der Waals surface area contributed by atoms with Crippen LogP contribution in [0.25, 0.3) is 0 Å². The number of amides is 1. The molecule has 2 rings (SSSR count). The van der Waals surface area contributed by atoms with Crippen LogP contribution in [0.5, 0.6) is 0 Å². The Bertz CT molecular complexity index is 975. The molecule has 2 aromatic carbocycles. The Morgan fingerprint density at radius 1 is 1.03 bits per heavy atom. The fourth-order valence-electron chi connectivity index (χ4n) is 2.64. The van der Waals surface area contributed by atoms with Gasteiger partial charge in [-0.1, -0.05) is 31.9 Å². The van der Waals surface area contributed by atoms with E-state index in [1.165, 1.54) is 36.4 Å². The molecule has 2 atom stereocenters. The van der Waals surface area contributed by atoms with Crippen molar-refractivity contribution in [3.05, 3.63) is 59.1 Å². The second-order valence-electron chi connectivity index (χ2n) is 6.73. The Hall–Kier alpha value is -2.42. The Balaban J connectivity index is 2.17. The van der Waals surface area contributed by atoms with Crippen LogP contribution < -0.4 is 10.0 Å². The van der Waals surface area contributed by atoms with E-state index in [1.807, 2.05) is 6.92 Å². The van der Waals surface area contributed by atoms with E-state index >= 15 is 0 Å². The maximum absolute atomic E-state index is 12.8. The average Bonchev–Trinajstić information content (AvgIpc) is 2.72. The third kappa shape index (κ3) is 6.29. The molecule has 0 saturated carbocycles. The number of carbonyl (C=O) groups excluding carboxylic acids is 2. The Labute approximate surface area is 181 Å². The fourth-order valence-corrected chi connectivity index (χ4v) is 4.07. The van der Waals surface area contributed by atoms with E-state index in [9.17, 15) is 18.0 Å². The van der Waals surface area contributed by atoms with Crippen LogP contribution in [-0.2, 0) is 19.6 Å². The van der Waals surface area contributed by atoms with E-state index in [4.69, 9.17) is 16.3 Å². The zero-order valence-corrected chi connectivity index (χ0v) is 18.6. The molecule has 0 fully saturated rings. The number of esters is 1. The molecule has 0 saturated heterocycles. The number of sulfonamides is 1. The molecule has 0 aliphatic rings. The van der Waals surface area contributed by atoms with Crippen molar-refractivity contribution >= 4 is 39.2 Å². The van der Waals surface area contributed by atoms with Crippen molar-refractivity contribution in [1.29, 1.82) is 0 Å². The topological polar surface area (TPSA) is 102 Å². The number of carbonyl (C=O) groups is 2. The van der Waals surface area contributed by atoms with Crippen molar-refractivity contribution in [1.82, 2.24) is 4.72 Å². The van der Waals surface area contributed by atoms with Gasteiger partial charge in [-0.3, -0.25) is 4.79 Å². The quantitative estimate of drug-likeness (QED) is 0.562. The van der Waals surface area contributed by atoms with Crippen LogP contribution in [0.4, 0.5) is 5.69 Å². The molecule has 0 spiro atoms. The molecule has 0 aliphatic carbocycles. The third-order valence-corrected chi connectivity index (χ3v) is 6.27. The van der Waals surface area contributed by atoms with Gasteiger partial charge in [-0.15, -0.1) is 0 Å². The molecule has 0 radical (unpaired) electrons. The van der Waals surface area contributed by atoms with Gasteiger partial charge in [0, 0.05) is 10.7 Å². The molecule has 2 unspecified atom stereocenters. The summed E-state index contributed by atoms with van der Waals surface area (Å²) in [4.78, 5) is 24.6. The van der Waals surface area contributed by atoms with Gasteiger partial charge in [0.1, 0.15) is 6.04 Å². The van der Waals surface area contributed by atoms with Gasteiger partial charge in [0.05, 0.1) is 17.1 Å². The standard InChI is InChI=1S/C21H25ClN2O5S/c1-4-14(3)19(24-30(27,28)18-12-8-16(22)9-13-18)20(25)23-17-10-6-15(7-11-17)21(26)29-5-2/h6-14,19,24H,4-5H2,1-3H3,(H,23,25). The highest BCUT2D eigenvalue weighted by molar-refractivity contribution is 7.89. The summed E-state index contributed by atoms with van der Waals surface area (Å²) < 4.78 is 32.9. The number of halogens is 1. The SMILES string of the molecule is CCOC(=O)c1ccc(NC(=O)C(NS(=O)(=O)c2ccc(Cl)cc2)C(C)CC)cc1. The highest BCUT2D eigenvalue weighted by atomic mass is 35.5. The van der Waals surface area contributed by atoms with Gasteiger partial charge in [0.2, 0.25) is 15.9 Å². The lowest BCUT2D eigenvalue weighted by atomic mass is 9.99. The van der Waals surface area contributed by atoms with Crippen molar-refractivity contribution in [2.75, 3.05) is 11.9 Å². The van der Waals surface area contributed by atoms with Crippen LogP contribution in [0.3, 0.4) is 0 Å². The zero-order chi connectivity index (χ0) is 22.3. The molecule has 9 heteroatoms. The number of nitrogens with one attached hydrogen (secondary N) is 2. The fraction of sp³-hybridized carbons (Fsp3) is 0.333. The van der Waals surface area contributed by atoms with Gasteiger partial charge in [0.15, 0.2) is 0 Å². The first-order valence-corrected chi connectivity index (χ1v) is 11.4. The highest BCUT2D eigenvalue weighted by Gasteiger charge is 2.29. The predicted molar refractivity (Wildman–Crippen MR) is 116 cm³/mol. The van der Waals surface area contributed by atoms with Crippen LogP contribution in [0, 0.1) is 5.92 Å². The van der Waals surface area contributed by atoms with Crippen molar-refractivity contribution in [2.24, 2.45) is 5.92 Å². The molecule has 0 bridgehead atoms. The highest BCUT2D eigenvalue weighted by Crippen LogP contribution is 2.18. The summed E-state index contributed by atoms with van der Waals surface area (Å²) in [6, 6.07) is 10.9. The molecule has 7 nitrogen and oxygen atoms in total. The first-order chi connectivity index (χ1) is 14.2. The van der Waals surface area contributed by atoms with Gasteiger partial charge in [0.25, 0.3) is 0 Å². The minimum Gasteiger partial charge on any atom is -0.462 e. The van der Waals surface area contributed by atoms with Crippen molar-refractivity contribution in [2.45, 2.75) is 38.1 Å². The van der Waals surface area contributed by atoms with Gasteiger partial charge in [-0.2, -0.15) is 4.72 Å². The maximum atomic E-state index is 12.8. The Kier molecular flexibility index (Phi) is 8.40. The van der Waals surface area contributed by atoms with E-state index in [0.717, 1.165) is 0 Å². The van der Waals surface area contributed by atoms with Crippen molar-refractivity contribution in [3.8, 4) is 0 Å². The predicted octanol–water partition coefficient (Wildman–Crippen LogP) is 3.85. The molecule has 30 heavy (non-hydrogen) atoms. The van der Waals surface area contributed by atoms with E-state index < -0.39 is 27.9 Å². The van der Waals surface area contributed by atoms with Crippen molar-refractivity contribution in [3.63, 3.8) is 0 Å². The van der Waals surface area contributed by atoms with Crippen LogP contribution in [0.1, 0.15) is 37.6 Å². The van der Waals surface area contributed by atoms with Crippen LogP contribution in [0.15, 0.2) is 53.4 Å². The Morgan fingerprint density at radius 2 is 1.63 bits per heavy atom. The van der Waals surface area contributed by atoms with E-state index in [-0.39, 0.29) is 17.4 Å². The molecule has 0 aromatic heterocycles. The molecule has 162 valence electrons. The van der Waals surface area contributed by atoms with Crippen LogP contribution in [-0.4, -0.2) is 32.9 Å². The average molecular weight is 453 g/mol. The monoisotopic (exact) mass is 452 g/mol. The van der Waals surface area contributed by atoms with Crippen LogP contribution in [0.2, 0.25) is 5.02 Å². The lowest BCUT2D eigenvalue weighted by Gasteiger charge is -2.23. The summed E-state index contributed by atoms with van der Waals surface area (Å²) in [5.74, 6) is -1.21. The number of hydrogen-bond acceptors (Lipinski definition) is 5. The van der Waals surface area contributed by atoms with Crippen molar-refractivity contribution < 1.29 is 22.7 Å². The summed E-state index contributed by atoms with van der Waals surface area (Å²) >= 11 is 5.82. The largest absolute Gasteiger partial charge is 0.462 e. The molecule has 2 N–H and O–H groups in total. The number of ether oxygens (including phenoxy) is 1. The molecule has 2 aromatic rings. The van der Waals surface area contributed by atoms with E-state index in [0.29, 0.717) is 22.7 Å². The van der Waals surface area contributed by atoms with Crippen LogP contribution >= 0.6 is 11.6 Å². The minimum absolute atomic E-state index is 0.0202. The smallest absolute Gasteiger partial charge is 0.338 e. The number of anilines is 1. The first kappa shape index (κ1) is 23.9.